The Kier molecular flexibility index (Phi) is 6.51. The third-order valence-electron chi connectivity index (χ3n) is 7.34. The molecule has 0 aliphatic carbocycles. The molecule has 1 aliphatic rings. The van der Waals surface area contributed by atoms with E-state index in [0.717, 1.165) is 42.4 Å². The zero-order valence-electron chi connectivity index (χ0n) is 21.2. The van der Waals surface area contributed by atoms with Gasteiger partial charge in [0.05, 0.1) is 28.5 Å². The number of para-hydroxylation sites is 3. The summed E-state index contributed by atoms with van der Waals surface area (Å²) in [5.74, 6) is 1.15. The zero-order chi connectivity index (χ0) is 25.4. The molecule has 1 saturated heterocycles. The summed E-state index contributed by atoms with van der Waals surface area (Å²) in [7, 11) is 0. The van der Waals surface area contributed by atoms with Crippen LogP contribution in [0.15, 0.2) is 58.1 Å². The van der Waals surface area contributed by atoms with Crippen LogP contribution in [0.3, 0.4) is 0 Å². The Morgan fingerprint density at radius 1 is 0.944 bits per heavy atom. The zero-order valence-corrected chi connectivity index (χ0v) is 21.2. The van der Waals surface area contributed by atoms with Gasteiger partial charge in [-0.05, 0) is 49.4 Å². The number of benzene rings is 2. The maximum Gasteiger partial charge on any atom is 0.329 e. The van der Waals surface area contributed by atoms with Gasteiger partial charge in [-0.3, -0.25) is 18.7 Å². The van der Waals surface area contributed by atoms with Crippen LogP contribution >= 0.6 is 0 Å². The maximum absolute atomic E-state index is 13.9. The number of fused-ring (bicyclic) bond motifs is 2. The fourth-order valence-electron chi connectivity index (χ4n) is 5.34. The monoisotopic (exact) mass is 487 g/mol. The lowest BCUT2D eigenvalue weighted by atomic mass is 10.0. The molecule has 2 aromatic carbocycles. The number of imidazole rings is 1. The number of hydrogen-bond donors (Lipinski definition) is 0. The van der Waals surface area contributed by atoms with Crippen LogP contribution in [0.25, 0.3) is 21.9 Å². The Balaban J connectivity index is 1.60. The van der Waals surface area contributed by atoms with E-state index >= 15 is 0 Å². The smallest absolute Gasteiger partial charge is 0.329 e. The van der Waals surface area contributed by atoms with Gasteiger partial charge in [-0.1, -0.05) is 38.1 Å². The predicted octanol–water partition coefficient (Wildman–Crippen LogP) is 3.79. The van der Waals surface area contributed by atoms with Crippen molar-refractivity contribution in [1.29, 1.82) is 0 Å². The number of amides is 1. The molecule has 0 spiro atoms. The molecule has 0 N–H and O–H groups in total. The molecular weight excluding hydrogens is 454 g/mol. The van der Waals surface area contributed by atoms with Gasteiger partial charge in [0.25, 0.3) is 5.56 Å². The average Bonchev–Trinajstić information content (AvgIpc) is 3.15. The van der Waals surface area contributed by atoms with Crippen LogP contribution in [-0.2, 0) is 17.9 Å². The van der Waals surface area contributed by atoms with Gasteiger partial charge in [-0.2, -0.15) is 4.98 Å². The highest BCUT2D eigenvalue weighted by Crippen LogP contribution is 2.26. The van der Waals surface area contributed by atoms with Gasteiger partial charge in [0.2, 0.25) is 5.91 Å². The summed E-state index contributed by atoms with van der Waals surface area (Å²) in [6.45, 7) is 8.17. The maximum atomic E-state index is 13.9. The number of nitrogens with zero attached hydrogens (tertiary/aromatic N) is 5. The molecule has 0 radical (unpaired) electrons. The SMILES string of the molecule is CC(=O)N1CCC(n2c(=O)n(Cc3nc(=O)c4ccccc4n3CCC(C)C)c3ccccc32)CC1. The van der Waals surface area contributed by atoms with E-state index in [4.69, 9.17) is 0 Å². The highest BCUT2D eigenvalue weighted by atomic mass is 16.2. The number of carbonyl (C=O) groups is 1. The molecule has 0 atom stereocenters. The number of likely N-dealkylation sites (tertiary alicyclic amines) is 1. The van der Waals surface area contributed by atoms with Crippen molar-refractivity contribution in [3.8, 4) is 0 Å². The van der Waals surface area contributed by atoms with Gasteiger partial charge < -0.3 is 9.47 Å². The molecule has 0 unspecified atom stereocenters. The van der Waals surface area contributed by atoms with Gasteiger partial charge in [0.15, 0.2) is 0 Å². The van der Waals surface area contributed by atoms with Crippen LogP contribution in [0.1, 0.15) is 51.9 Å². The first-order valence-electron chi connectivity index (χ1n) is 12.8. The molecule has 5 rings (SSSR count). The predicted molar refractivity (Wildman–Crippen MR) is 141 cm³/mol. The molecule has 0 saturated carbocycles. The van der Waals surface area contributed by atoms with E-state index in [0.29, 0.717) is 30.2 Å². The molecule has 8 heteroatoms. The lowest BCUT2D eigenvalue weighted by Gasteiger charge is -2.31. The van der Waals surface area contributed by atoms with Crippen molar-refractivity contribution in [1.82, 2.24) is 23.6 Å². The van der Waals surface area contributed by atoms with E-state index < -0.39 is 0 Å². The molecule has 1 aliphatic heterocycles. The van der Waals surface area contributed by atoms with Crippen molar-refractivity contribution in [3.05, 3.63) is 75.2 Å². The summed E-state index contributed by atoms with van der Waals surface area (Å²) in [6.07, 6.45) is 2.41. The number of piperidine rings is 1. The highest BCUT2D eigenvalue weighted by molar-refractivity contribution is 5.78. The molecular formula is C28H33N5O3. The van der Waals surface area contributed by atoms with E-state index in [1.54, 1.807) is 11.5 Å². The fourth-order valence-corrected chi connectivity index (χ4v) is 5.34. The van der Waals surface area contributed by atoms with Gasteiger partial charge in [-0.15, -0.1) is 0 Å². The molecule has 36 heavy (non-hydrogen) atoms. The third-order valence-corrected chi connectivity index (χ3v) is 7.34. The van der Waals surface area contributed by atoms with Crippen molar-refractivity contribution in [2.45, 2.75) is 59.2 Å². The van der Waals surface area contributed by atoms with Crippen LogP contribution in [0.2, 0.25) is 0 Å². The quantitative estimate of drug-likeness (QED) is 0.414. The fraction of sp³-hybridized carbons (Fsp3) is 0.429. The van der Waals surface area contributed by atoms with E-state index in [1.807, 2.05) is 58.0 Å². The minimum absolute atomic E-state index is 0.0203. The van der Waals surface area contributed by atoms with Crippen LogP contribution < -0.4 is 11.2 Å². The normalized spacial score (nSPS) is 14.8. The second-order valence-electron chi connectivity index (χ2n) is 10.1. The summed E-state index contributed by atoms with van der Waals surface area (Å²) >= 11 is 0. The number of aromatic nitrogens is 4. The van der Waals surface area contributed by atoms with E-state index in [1.165, 1.54) is 0 Å². The molecule has 0 bridgehead atoms. The topological polar surface area (TPSA) is 82.1 Å². The largest absolute Gasteiger partial charge is 0.343 e. The van der Waals surface area contributed by atoms with Gasteiger partial charge in [0.1, 0.15) is 5.82 Å². The summed E-state index contributed by atoms with van der Waals surface area (Å²) in [5, 5.41) is 0.594. The van der Waals surface area contributed by atoms with Gasteiger partial charge >= 0.3 is 5.69 Å². The Labute approximate surface area is 209 Å². The molecule has 8 nitrogen and oxygen atoms in total. The molecule has 4 aromatic rings. The van der Waals surface area contributed by atoms with E-state index in [-0.39, 0.29) is 29.7 Å². The Morgan fingerprint density at radius 3 is 2.25 bits per heavy atom. The molecule has 1 amide bonds. The van der Waals surface area contributed by atoms with Crippen molar-refractivity contribution in [2.24, 2.45) is 5.92 Å². The highest BCUT2D eigenvalue weighted by Gasteiger charge is 2.26. The van der Waals surface area contributed by atoms with Crippen molar-refractivity contribution in [3.63, 3.8) is 0 Å². The first-order chi connectivity index (χ1) is 17.3. The number of carbonyl (C=O) groups excluding carboxylic acids is 1. The van der Waals surface area contributed by atoms with Crippen LogP contribution in [0.5, 0.6) is 0 Å². The minimum atomic E-state index is -0.269. The molecule has 188 valence electrons. The second-order valence-corrected chi connectivity index (χ2v) is 10.1. The van der Waals surface area contributed by atoms with E-state index in [9.17, 15) is 14.4 Å². The Morgan fingerprint density at radius 2 is 1.58 bits per heavy atom. The molecule has 3 heterocycles. The third kappa shape index (κ3) is 4.36. The first kappa shape index (κ1) is 24.0. The molecule has 2 aromatic heterocycles. The minimum Gasteiger partial charge on any atom is -0.343 e. The number of hydrogen-bond acceptors (Lipinski definition) is 4. The van der Waals surface area contributed by atoms with Crippen LogP contribution in [0, 0.1) is 5.92 Å². The van der Waals surface area contributed by atoms with Crippen molar-refractivity contribution in [2.75, 3.05) is 13.1 Å². The summed E-state index contributed by atoms with van der Waals surface area (Å²) in [5.41, 5.74) is 2.18. The Bertz CT molecular complexity index is 1540. The van der Waals surface area contributed by atoms with Crippen molar-refractivity contribution >= 4 is 27.8 Å². The molecule has 1 fully saturated rings. The summed E-state index contributed by atoms with van der Waals surface area (Å²) in [4.78, 5) is 44.9. The Hall–Kier alpha value is -3.68. The lowest BCUT2D eigenvalue weighted by molar-refractivity contribution is -0.130. The second kappa shape index (κ2) is 9.76. The average molecular weight is 488 g/mol. The van der Waals surface area contributed by atoms with E-state index in [2.05, 4.69) is 23.4 Å². The first-order valence-corrected chi connectivity index (χ1v) is 12.8. The number of aryl methyl sites for hydroxylation is 1. The summed E-state index contributed by atoms with van der Waals surface area (Å²) < 4.78 is 5.72. The van der Waals surface area contributed by atoms with Gasteiger partial charge in [0, 0.05) is 32.6 Å². The lowest BCUT2D eigenvalue weighted by Crippen LogP contribution is -2.40. The summed E-state index contributed by atoms with van der Waals surface area (Å²) in [6, 6.07) is 15.4. The van der Waals surface area contributed by atoms with Crippen molar-refractivity contribution < 1.29 is 4.79 Å². The van der Waals surface area contributed by atoms with Crippen LogP contribution in [-0.4, -0.2) is 42.6 Å². The number of rotatable bonds is 6. The standard InChI is InChI=1S/C28H33N5O3/c1-19(2)12-17-31-23-9-5-4-8-22(23)27(35)29-26(31)18-32-24-10-6-7-11-25(24)33(28(32)36)21-13-15-30(16-14-21)20(3)34/h4-11,19,21H,12-18H2,1-3H3. The van der Waals surface area contributed by atoms with Gasteiger partial charge in [-0.25, -0.2) is 4.79 Å². The van der Waals surface area contributed by atoms with Crippen LogP contribution in [0.4, 0.5) is 0 Å².